The Bertz CT molecular complexity index is 1080. The highest BCUT2D eigenvalue weighted by atomic mass is 16.4. The number of benzene rings is 1. The molecule has 2 aromatic rings. The molecule has 2 heterocycles. The van der Waals surface area contributed by atoms with Gasteiger partial charge in [0, 0.05) is 13.1 Å². The van der Waals surface area contributed by atoms with Crippen LogP contribution in [0.5, 0.6) is 5.75 Å². The maximum absolute atomic E-state index is 13.0. The van der Waals surface area contributed by atoms with Crippen molar-refractivity contribution in [2.24, 2.45) is 16.1 Å². The van der Waals surface area contributed by atoms with Crippen molar-refractivity contribution in [1.29, 1.82) is 0 Å². The largest absolute Gasteiger partial charge is 0.505 e. The van der Waals surface area contributed by atoms with Crippen LogP contribution in [0.25, 0.3) is 0 Å². The number of carboxylic acids is 1. The van der Waals surface area contributed by atoms with E-state index in [4.69, 9.17) is 0 Å². The number of aliphatic carboxylic acids is 1. The summed E-state index contributed by atoms with van der Waals surface area (Å²) < 4.78 is 1.67. The maximum Gasteiger partial charge on any atom is 0.306 e. The standard InChI is InChI=1S/C24H33N5O4/c1-3-28-12-10-18(11-13-28)29-23(31)21(15(2)27-29)26-25-20-9-5-8-19(22(20)30)16-6-4-7-17(14-16)24(32)33/h5,8-9,16-18,27,30H,3-4,6-7,10-14H2,1-2H3,(H,32,33). The minimum absolute atomic E-state index is 0.0118. The molecule has 0 bridgehead atoms. The van der Waals surface area contributed by atoms with Crippen molar-refractivity contribution < 1.29 is 15.0 Å². The summed E-state index contributed by atoms with van der Waals surface area (Å²) in [5, 5.41) is 31.8. The van der Waals surface area contributed by atoms with Gasteiger partial charge >= 0.3 is 5.97 Å². The normalized spacial score (nSPS) is 22.7. The fraction of sp³-hybridized carbons (Fsp3) is 0.583. The summed E-state index contributed by atoms with van der Waals surface area (Å²) >= 11 is 0. The summed E-state index contributed by atoms with van der Waals surface area (Å²) in [7, 11) is 0. The third kappa shape index (κ3) is 4.88. The van der Waals surface area contributed by atoms with Gasteiger partial charge in [0.2, 0.25) is 0 Å². The van der Waals surface area contributed by atoms with Crippen molar-refractivity contribution in [3.63, 3.8) is 0 Å². The van der Waals surface area contributed by atoms with E-state index in [1.165, 1.54) is 0 Å². The highest BCUT2D eigenvalue weighted by molar-refractivity contribution is 5.70. The Morgan fingerprint density at radius 2 is 1.94 bits per heavy atom. The Kier molecular flexibility index (Phi) is 6.97. The lowest BCUT2D eigenvalue weighted by atomic mass is 9.77. The van der Waals surface area contributed by atoms with E-state index in [0.29, 0.717) is 24.1 Å². The highest BCUT2D eigenvalue weighted by Crippen LogP contribution is 2.43. The summed E-state index contributed by atoms with van der Waals surface area (Å²) in [6.45, 7) is 6.90. The molecular formula is C24H33N5O4. The molecule has 4 rings (SSSR count). The first-order valence-electron chi connectivity index (χ1n) is 11.9. The van der Waals surface area contributed by atoms with Crippen LogP contribution in [0.1, 0.15) is 68.7 Å². The quantitative estimate of drug-likeness (QED) is 0.548. The van der Waals surface area contributed by atoms with E-state index in [9.17, 15) is 19.8 Å². The summed E-state index contributed by atoms with van der Waals surface area (Å²) in [4.78, 5) is 26.8. The maximum atomic E-state index is 13.0. The van der Waals surface area contributed by atoms with Crippen molar-refractivity contribution in [3.05, 3.63) is 39.8 Å². The molecule has 3 N–H and O–H groups in total. The van der Waals surface area contributed by atoms with Gasteiger partial charge in [-0.2, -0.15) is 0 Å². The number of aromatic amines is 1. The second-order valence-electron chi connectivity index (χ2n) is 9.24. The number of phenolic OH excluding ortho intramolecular Hbond substituents is 1. The van der Waals surface area contributed by atoms with Crippen LogP contribution < -0.4 is 5.56 Å². The number of carboxylic acid groups (broad SMARTS) is 1. The minimum Gasteiger partial charge on any atom is -0.505 e. The fourth-order valence-corrected chi connectivity index (χ4v) is 5.19. The molecule has 1 saturated heterocycles. The zero-order valence-corrected chi connectivity index (χ0v) is 19.3. The molecule has 2 fully saturated rings. The molecule has 1 aromatic carbocycles. The molecule has 0 spiro atoms. The van der Waals surface area contributed by atoms with Crippen LogP contribution in [0.2, 0.25) is 0 Å². The van der Waals surface area contributed by atoms with Crippen LogP contribution in [0.15, 0.2) is 33.2 Å². The smallest absolute Gasteiger partial charge is 0.306 e. The Morgan fingerprint density at radius 1 is 1.18 bits per heavy atom. The monoisotopic (exact) mass is 455 g/mol. The van der Waals surface area contributed by atoms with Crippen LogP contribution in [0.4, 0.5) is 11.4 Å². The molecule has 0 radical (unpaired) electrons. The highest BCUT2D eigenvalue weighted by Gasteiger charge is 2.30. The molecule has 1 aliphatic heterocycles. The summed E-state index contributed by atoms with van der Waals surface area (Å²) in [6.07, 6.45) is 4.63. The van der Waals surface area contributed by atoms with Crippen molar-refractivity contribution in [2.45, 2.75) is 64.3 Å². The number of rotatable bonds is 6. The lowest BCUT2D eigenvalue weighted by Crippen LogP contribution is -2.36. The molecule has 2 aliphatic rings. The number of aromatic hydroxyl groups is 1. The van der Waals surface area contributed by atoms with E-state index < -0.39 is 11.9 Å². The number of carbonyl (C=O) groups is 1. The van der Waals surface area contributed by atoms with Crippen molar-refractivity contribution >= 4 is 17.3 Å². The number of para-hydroxylation sites is 1. The molecular weight excluding hydrogens is 422 g/mol. The molecule has 178 valence electrons. The lowest BCUT2D eigenvalue weighted by molar-refractivity contribution is -0.143. The number of H-pyrrole nitrogens is 1. The van der Waals surface area contributed by atoms with E-state index in [-0.39, 0.29) is 34.6 Å². The van der Waals surface area contributed by atoms with Crippen molar-refractivity contribution in [1.82, 2.24) is 14.7 Å². The van der Waals surface area contributed by atoms with Crippen LogP contribution in [-0.2, 0) is 4.79 Å². The predicted molar refractivity (Wildman–Crippen MR) is 125 cm³/mol. The molecule has 1 saturated carbocycles. The Hall–Kier alpha value is -2.94. The number of azo groups is 1. The van der Waals surface area contributed by atoms with Crippen molar-refractivity contribution in [3.8, 4) is 5.75 Å². The Labute approximate surface area is 193 Å². The number of nitrogens with zero attached hydrogens (tertiary/aromatic N) is 4. The number of likely N-dealkylation sites (tertiary alicyclic amines) is 1. The summed E-state index contributed by atoms with van der Waals surface area (Å²) in [6, 6.07) is 5.38. The number of aryl methyl sites for hydroxylation is 1. The average molecular weight is 456 g/mol. The number of hydrogen-bond acceptors (Lipinski definition) is 6. The molecule has 33 heavy (non-hydrogen) atoms. The minimum atomic E-state index is -0.783. The van der Waals surface area contributed by atoms with Gasteiger partial charge in [0.1, 0.15) is 11.4 Å². The van der Waals surface area contributed by atoms with E-state index >= 15 is 0 Å². The number of piperidine rings is 1. The third-order valence-electron chi connectivity index (χ3n) is 7.20. The number of hydrogen-bond donors (Lipinski definition) is 3. The third-order valence-corrected chi connectivity index (χ3v) is 7.20. The first kappa shape index (κ1) is 23.2. The molecule has 1 aromatic heterocycles. The van der Waals surface area contributed by atoms with Gasteiger partial charge in [-0.25, -0.2) is 4.68 Å². The zero-order chi connectivity index (χ0) is 23.5. The second-order valence-corrected chi connectivity index (χ2v) is 9.24. The topological polar surface area (TPSA) is 123 Å². The van der Waals surface area contributed by atoms with Crippen LogP contribution in [0, 0.1) is 12.8 Å². The van der Waals surface area contributed by atoms with Crippen LogP contribution in [0.3, 0.4) is 0 Å². The predicted octanol–water partition coefficient (Wildman–Crippen LogP) is 4.62. The first-order chi connectivity index (χ1) is 15.9. The van der Waals surface area contributed by atoms with Gasteiger partial charge in [-0.1, -0.05) is 25.5 Å². The molecule has 9 heteroatoms. The van der Waals surface area contributed by atoms with Gasteiger partial charge < -0.3 is 15.1 Å². The molecule has 9 nitrogen and oxygen atoms in total. The molecule has 2 atom stereocenters. The van der Waals surface area contributed by atoms with Gasteiger partial charge in [-0.15, -0.1) is 10.2 Å². The molecule has 1 aliphatic carbocycles. The summed E-state index contributed by atoms with van der Waals surface area (Å²) in [5.74, 6) is -1.19. The average Bonchev–Trinajstić information content (AvgIpc) is 3.11. The molecule has 0 amide bonds. The fourth-order valence-electron chi connectivity index (χ4n) is 5.19. The van der Waals surface area contributed by atoms with Gasteiger partial charge in [0.05, 0.1) is 17.7 Å². The van der Waals surface area contributed by atoms with Gasteiger partial charge in [0.15, 0.2) is 5.69 Å². The van der Waals surface area contributed by atoms with E-state index in [0.717, 1.165) is 45.3 Å². The second kappa shape index (κ2) is 9.91. The van der Waals surface area contributed by atoms with E-state index in [2.05, 4.69) is 27.2 Å². The number of phenols is 1. The Balaban J connectivity index is 1.54. The van der Waals surface area contributed by atoms with Crippen LogP contribution in [-0.4, -0.2) is 50.5 Å². The van der Waals surface area contributed by atoms with Gasteiger partial charge in [-0.05, 0) is 63.1 Å². The Morgan fingerprint density at radius 3 is 2.64 bits per heavy atom. The molecule has 2 unspecified atom stereocenters. The zero-order valence-electron chi connectivity index (χ0n) is 19.3. The first-order valence-corrected chi connectivity index (χ1v) is 11.9. The van der Waals surface area contributed by atoms with Crippen LogP contribution >= 0.6 is 0 Å². The number of aromatic nitrogens is 2. The number of nitrogens with one attached hydrogen (secondary N) is 1. The summed E-state index contributed by atoms with van der Waals surface area (Å²) in [5.41, 5.74) is 1.68. The SMILES string of the molecule is CCN1CCC(n2[nH]c(C)c(N=Nc3cccc(C4CCCC(C(=O)O)C4)c3O)c2=O)CC1. The lowest BCUT2D eigenvalue weighted by Gasteiger charge is -2.31. The van der Waals surface area contributed by atoms with Gasteiger partial charge in [0.25, 0.3) is 5.56 Å². The van der Waals surface area contributed by atoms with Crippen molar-refractivity contribution in [2.75, 3.05) is 19.6 Å². The van der Waals surface area contributed by atoms with E-state index in [1.54, 1.807) is 23.7 Å². The van der Waals surface area contributed by atoms with Gasteiger partial charge in [-0.3, -0.25) is 14.7 Å². The van der Waals surface area contributed by atoms with E-state index in [1.807, 2.05) is 6.07 Å².